The van der Waals surface area contributed by atoms with E-state index in [4.69, 9.17) is 5.11 Å². The molecule has 5 N–H and O–H groups in total. The maximum absolute atomic E-state index is 13.0. The lowest BCUT2D eigenvalue weighted by atomic mass is 10.0. The van der Waals surface area contributed by atoms with E-state index in [2.05, 4.69) is 47.4 Å². The van der Waals surface area contributed by atoms with Crippen molar-refractivity contribution in [2.24, 2.45) is 0 Å². The molecule has 0 radical (unpaired) electrons. The molecule has 1 aliphatic heterocycles. The highest BCUT2D eigenvalue weighted by atomic mass is 16.3. The molecule has 2 amide bonds. The Kier molecular flexibility index (Phi) is 8.43. The Morgan fingerprint density at radius 2 is 2.00 bits per heavy atom. The van der Waals surface area contributed by atoms with Gasteiger partial charge in [-0.2, -0.15) is 0 Å². The van der Waals surface area contributed by atoms with Gasteiger partial charge in [-0.1, -0.05) is 18.7 Å². The number of H-pyrrole nitrogens is 1. The maximum Gasteiger partial charge on any atom is 0.274 e. The van der Waals surface area contributed by atoms with Crippen molar-refractivity contribution in [1.82, 2.24) is 30.2 Å². The number of aromatic amines is 1. The van der Waals surface area contributed by atoms with Gasteiger partial charge in [-0.25, -0.2) is 9.97 Å². The number of amides is 2. The number of carbonyl (C=O) groups is 2. The smallest absolute Gasteiger partial charge is 0.274 e. The fourth-order valence-corrected chi connectivity index (χ4v) is 4.87. The number of nitrogens with one attached hydrogen (secondary N) is 4. The number of aliphatic hydroxyl groups excluding tert-OH is 1. The molecule has 3 aromatic heterocycles. The minimum Gasteiger partial charge on any atom is -0.395 e. The quantitative estimate of drug-likeness (QED) is 0.193. The third-order valence-corrected chi connectivity index (χ3v) is 6.78. The summed E-state index contributed by atoms with van der Waals surface area (Å²) in [6, 6.07) is 13.3. The number of benzene rings is 1. The molecule has 11 nitrogen and oxygen atoms in total. The van der Waals surface area contributed by atoms with Gasteiger partial charge in [-0.3, -0.25) is 19.5 Å². The second-order valence-corrected chi connectivity index (χ2v) is 9.69. The first-order valence-corrected chi connectivity index (χ1v) is 13.2. The second-order valence-electron chi connectivity index (χ2n) is 9.69. The average Bonchev–Trinajstić information content (AvgIpc) is 3.42. The van der Waals surface area contributed by atoms with E-state index in [0.29, 0.717) is 35.9 Å². The highest BCUT2D eigenvalue weighted by Gasteiger charge is 2.21. The molecule has 4 aromatic rings. The Morgan fingerprint density at radius 3 is 2.80 bits per heavy atom. The van der Waals surface area contributed by atoms with Crippen LogP contribution >= 0.6 is 0 Å². The van der Waals surface area contributed by atoms with Gasteiger partial charge in [0, 0.05) is 43.3 Å². The highest BCUT2D eigenvalue weighted by Crippen LogP contribution is 2.27. The van der Waals surface area contributed by atoms with E-state index in [9.17, 15) is 9.59 Å². The van der Waals surface area contributed by atoms with Crippen LogP contribution in [0.1, 0.15) is 28.9 Å². The number of likely N-dealkylation sites (tertiary alicyclic amines) is 1. The highest BCUT2D eigenvalue weighted by molar-refractivity contribution is 6.03. The Labute approximate surface area is 231 Å². The number of hydrogen-bond donors (Lipinski definition) is 5. The molecule has 5 rings (SSSR count). The van der Waals surface area contributed by atoms with Gasteiger partial charge in [0.05, 0.1) is 12.0 Å². The number of hydrogen-bond acceptors (Lipinski definition) is 8. The van der Waals surface area contributed by atoms with Gasteiger partial charge in [0.25, 0.3) is 5.91 Å². The Balaban J connectivity index is 1.22. The van der Waals surface area contributed by atoms with Gasteiger partial charge in [0.15, 0.2) is 0 Å². The van der Waals surface area contributed by atoms with Crippen LogP contribution in [0.2, 0.25) is 0 Å². The van der Waals surface area contributed by atoms with Crippen molar-refractivity contribution in [3.8, 4) is 11.3 Å². The number of aromatic nitrogens is 4. The zero-order valence-corrected chi connectivity index (χ0v) is 22.1. The summed E-state index contributed by atoms with van der Waals surface area (Å²) in [6.07, 6.45) is 6.35. The lowest BCUT2D eigenvalue weighted by Crippen LogP contribution is -2.46. The molecule has 206 valence electrons. The normalized spacial score (nSPS) is 15.5. The van der Waals surface area contributed by atoms with E-state index in [1.807, 2.05) is 42.5 Å². The van der Waals surface area contributed by atoms with Gasteiger partial charge >= 0.3 is 0 Å². The van der Waals surface area contributed by atoms with E-state index in [1.54, 1.807) is 6.20 Å². The molecule has 1 fully saturated rings. The number of piperidine rings is 1. The minimum atomic E-state index is -0.287. The molecule has 0 aliphatic carbocycles. The summed E-state index contributed by atoms with van der Waals surface area (Å²) in [5.41, 5.74) is 4.45. The lowest BCUT2D eigenvalue weighted by molar-refractivity contribution is -0.117. The third-order valence-electron chi connectivity index (χ3n) is 6.78. The number of rotatable bonds is 10. The Morgan fingerprint density at radius 1 is 1.15 bits per heavy atom. The largest absolute Gasteiger partial charge is 0.395 e. The molecule has 0 spiro atoms. The molecule has 1 aromatic carbocycles. The fourth-order valence-electron chi connectivity index (χ4n) is 4.87. The Bertz CT molecular complexity index is 1500. The summed E-state index contributed by atoms with van der Waals surface area (Å²) in [5.74, 6) is 0.212. The number of carbonyl (C=O) groups excluding carboxylic acids is 2. The molecule has 1 aliphatic rings. The van der Waals surface area contributed by atoms with Gasteiger partial charge in [0.1, 0.15) is 23.5 Å². The van der Waals surface area contributed by atoms with Crippen molar-refractivity contribution < 1.29 is 14.7 Å². The summed E-state index contributed by atoms with van der Waals surface area (Å²) in [4.78, 5) is 43.0. The monoisotopic (exact) mass is 540 g/mol. The van der Waals surface area contributed by atoms with Crippen molar-refractivity contribution >= 4 is 34.4 Å². The Hall–Kier alpha value is -4.61. The number of aliphatic hydroxyl groups is 1. The zero-order chi connectivity index (χ0) is 27.9. The van der Waals surface area contributed by atoms with Crippen LogP contribution in [0.4, 0.5) is 11.5 Å². The van der Waals surface area contributed by atoms with Crippen LogP contribution in [0.5, 0.6) is 0 Å². The van der Waals surface area contributed by atoms with E-state index in [0.717, 1.165) is 48.1 Å². The molecule has 0 saturated carbocycles. The summed E-state index contributed by atoms with van der Waals surface area (Å²) >= 11 is 0. The van der Waals surface area contributed by atoms with Crippen molar-refractivity contribution in [3.63, 3.8) is 0 Å². The van der Waals surface area contributed by atoms with Crippen molar-refractivity contribution in [2.45, 2.75) is 25.4 Å². The van der Waals surface area contributed by atoms with Crippen LogP contribution in [0.3, 0.4) is 0 Å². The average molecular weight is 541 g/mol. The molecule has 0 bridgehead atoms. The van der Waals surface area contributed by atoms with E-state index < -0.39 is 0 Å². The summed E-state index contributed by atoms with van der Waals surface area (Å²) in [5, 5.41) is 18.9. The summed E-state index contributed by atoms with van der Waals surface area (Å²) in [6.45, 7) is 6.27. The summed E-state index contributed by atoms with van der Waals surface area (Å²) in [7, 11) is 0. The second kappa shape index (κ2) is 12.5. The van der Waals surface area contributed by atoms with E-state index >= 15 is 0 Å². The lowest BCUT2D eigenvalue weighted by Gasteiger charge is -2.33. The number of anilines is 2. The SMILES string of the molecule is C=CC(=O)N[C@@H]1CCCN(Cc2ccnc(C(=O)Nc3ccc(-c4cc5c(NCCO)ncnc5[nH]4)cc3)c2)C1. The van der Waals surface area contributed by atoms with E-state index in [1.165, 1.54) is 12.4 Å². The van der Waals surface area contributed by atoms with Crippen molar-refractivity contribution in [3.05, 3.63) is 78.9 Å². The van der Waals surface area contributed by atoms with Gasteiger partial charge < -0.3 is 26.0 Å². The topological polar surface area (TPSA) is 148 Å². The van der Waals surface area contributed by atoms with E-state index in [-0.39, 0.29) is 24.5 Å². The molecule has 1 atom stereocenters. The number of pyridine rings is 1. The van der Waals surface area contributed by atoms with Crippen LogP contribution in [0.15, 0.2) is 67.6 Å². The van der Waals surface area contributed by atoms with Crippen LogP contribution < -0.4 is 16.0 Å². The van der Waals surface area contributed by atoms with Crippen LogP contribution in [-0.4, -0.2) is 74.0 Å². The third kappa shape index (κ3) is 6.50. The fraction of sp³-hybridized carbons (Fsp3) is 0.276. The van der Waals surface area contributed by atoms with Crippen molar-refractivity contribution in [2.75, 3.05) is 36.9 Å². The zero-order valence-electron chi connectivity index (χ0n) is 22.1. The predicted molar refractivity (Wildman–Crippen MR) is 154 cm³/mol. The summed E-state index contributed by atoms with van der Waals surface area (Å²) < 4.78 is 0. The number of fused-ring (bicyclic) bond motifs is 1. The minimum absolute atomic E-state index is 0.00590. The molecule has 40 heavy (non-hydrogen) atoms. The first-order chi connectivity index (χ1) is 19.5. The van der Waals surface area contributed by atoms with Crippen molar-refractivity contribution in [1.29, 1.82) is 0 Å². The molecular weight excluding hydrogens is 508 g/mol. The van der Waals surface area contributed by atoms with Crippen LogP contribution in [0, 0.1) is 0 Å². The molecule has 1 saturated heterocycles. The molecule has 4 heterocycles. The first kappa shape index (κ1) is 27.0. The molecular formula is C29H32N8O3. The predicted octanol–water partition coefficient (Wildman–Crippen LogP) is 2.94. The molecule has 11 heteroatoms. The van der Waals surface area contributed by atoms with Crippen LogP contribution in [0.25, 0.3) is 22.3 Å². The van der Waals surface area contributed by atoms with Gasteiger partial charge in [-0.15, -0.1) is 0 Å². The van der Waals surface area contributed by atoms with Gasteiger partial charge in [0.2, 0.25) is 5.91 Å². The van der Waals surface area contributed by atoms with Crippen LogP contribution in [-0.2, 0) is 11.3 Å². The number of nitrogens with zero attached hydrogens (tertiary/aromatic N) is 4. The molecule has 0 unspecified atom stereocenters. The van der Waals surface area contributed by atoms with Gasteiger partial charge in [-0.05, 0) is 66.9 Å². The first-order valence-electron chi connectivity index (χ1n) is 13.2. The standard InChI is InChI=1S/C29H32N8O3/c1-2-26(39)34-22-4-3-12-37(17-22)16-19-9-10-30-25(14-19)29(40)35-21-7-5-20(6-8-21)24-15-23-27(31-11-13-38)32-18-33-28(23)36-24/h2,5-10,14-15,18,22,38H,1,3-4,11-13,16-17H2,(H,34,39)(H,35,40)(H2,31,32,33,36)/t22-/m1/s1. The maximum atomic E-state index is 13.0.